The van der Waals surface area contributed by atoms with E-state index in [-0.39, 0.29) is 5.91 Å². The number of amides is 1. The molecule has 0 spiro atoms. The molecule has 0 saturated carbocycles. The van der Waals surface area contributed by atoms with Crippen molar-refractivity contribution in [1.29, 1.82) is 0 Å². The molecule has 104 valence electrons. The summed E-state index contributed by atoms with van der Waals surface area (Å²) in [7, 11) is 1.57. The molecule has 0 aliphatic carbocycles. The second-order valence-corrected chi connectivity index (χ2v) is 5.78. The lowest BCUT2D eigenvalue weighted by Gasteiger charge is -2.11. The molecule has 0 atom stereocenters. The third-order valence-corrected chi connectivity index (χ3v) is 3.73. The van der Waals surface area contributed by atoms with E-state index in [4.69, 9.17) is 10.5 Å². The van der Waals surface area contributed by atoms with Gasteiger partial charge in [-0.1, -0.05) is 15.9 Å². The summed E-state index contributed by atoms with van der Waals surface area (Å²) < 4.78 is 7.49. The number of ether oxygens (including phenoxy) is 1. The fourth-order valence-corrected chi connectivity index (χ4v) is 2.73. The lowest BCUT2D eigenvalue weighted by atomic mass is 10.2. The lowest BCUT2D eigenvalue weighted by Crippen LogP contribution is -2.17. The SMILES string of the molecule is CNC(=O)c1ccc(Oc2ccc(Br)cc2Br)c(N)c1. The molecule has 2 aromatic rings. The van der Waals surface area contributed by atoms with Gasteiger partial charge in [0.15, 0.2) is 0 Å². The Balaban J connectivity index is 2.28. The highest BCUT2D eigenvalue weighted by Gasteiger charge is 2.09. The summed E-state index contributed by atoms with van der Waals surface area (Å²) in [5.74, 6) is 0.960. The van der Waals surface area contributed by atoms with Crippen molar-refractivity contribution >= 4 is 43.5 Å². The average molecular weight is 400 g/mol. The van der Waals surface area contributed by atoms with Crippen molar-refractivity contribution in [3.8, 4) is 11.5 Å². The van der Waals surface area contributed by atoms with E-state index >= 15 is 0 Å². The molecule has 1 amide bonds. The molecule has 4 nitrogen and oxygen atoms in total. The molecular weight excluding hydrogens is 388 g/mol. The number of nitrogens with two attached hydrogens (primary N) is 1. The molecule has 3 N–H and O–H groups in total. The molecule has 20 heavy (non-hydrogen) atoms. The molecule has 6 heteroatoms. The monoisotopic (exact) mass is 398 g/mol. The van der Waals surface area contributed by atoms with Crippen LogP contribution in [0.25, 0.3) is 0 Å². The summed E-state index contributed by atoms with van der Waals surface area (Å²) in [6.07, 6.45) is 0. The maximum absolute atomic E-state index is 11.5. The van der Waals surface area contributed by atoms with Gasteiger partial charge in [-0.15, -0.1) is 0 Å². The Hall–Kier alpha value is -1.53. The van der Waals surface area contributed by atoms with E-state index in [1.54, 1.807) is 25.2 Å². The van der Waals surface area contributed by atoms with Gasteiger partial charge >= 0.3 is 0 Å². The summed E-state index contributed by atoms with van der Waals surface area (Å²) in [5, 5.41) is 2.54. The number of carbonyl (C=O) groups excluding carboxylic acids is 1. The van der Waals surface area contributed by atoms with E-state index in [0.29, 0.717) is 22.7 Å². The number of benzene rings is 2. The van der Waals surface area contributed by atoms with Gasteiger partial charge in [0.25, 0.3) is 5.91 Å². The highest BCUT2D eigenvalue weighted by Crippen LogP contribution is 2.34. The highest BCUT2D eigenvalue weighted by atomic mass is 79.9. The van der Waals surface area contributed by atoms with Gasteiger partial charge in [-0.3, -0.25) is 4.79 Å². The first-order valence-electron chi connectivity index (χ1n) is 5.76. The maximum atomic E-state index is 11.5. The summed E-state index contributed by atoms with van der Waals surface area (Å²) in [6, 6.07) is 10.5. The summed E-state index contributed by atoms with van der Waals surface area (Å²) in [6.45, 7) is 0. The minimum Gasteiger partial charge on any atom is -0.454 e. The van der Waals surface area contributed by atoms with Crippen LogP contribution in [0.5, 0.6) is 11.5 Å². The summed E-state index contributed by atoms with van der Waals surface area (Å²) in [4.78, 5) is 11.5. The van der Waals surface area contributed by atoms with Crippen LogP contribution in [0.1, 0.15) is 10.4 Å². The van der Waals surface area contributed by atoms with Crippen LogP contribution in [-0.4, -0.2) is 13.0 Å². The predicted molar refractivity (Wildman–Crippen MR) is 86.2 cm³/mol. The number of nitrogen functional groups attached to an aromatic ring is 1. The molecule has 0 unspecified atom stereocenters. The molecule has 2 aromatic carbocycles. The minimum atomic E-state index is -0.187. The van der Waals surface area contributed by atoms with Gasteiger partial charge in [-0.2, -0.15) is 0 Å². The number of hydrogen-bond acceptors (Lipinski definition) is 3. The van der Waals surface area contributed by atoms with Crippen LogP contribution in [0, 0.1) is 0 Å². The molecule has 0 saturated heterocycles. The van der Waals surface area contributed by atoms with Crippen LogP contribution in [0.4, 0.5) is 5.69 Å². The number of anilines is 1. The first-order valence-corrected chi connectivity index (χ1v) is 7.34. The van der Waals surface area contributed by atoms with Gasteiger partial charge in [-0.25, -0.2) is 0 Å². The normalized spacial score (nSPS) is 10.2. The summed E-state index contributed by atoms with van der Waals surface area (Å²) in [5.41, 5.74) is 6.81. The molecule has 2 rings (SSSR count). The number of nitrogens with one attached hydrogen (secondary N) is 1. The third-order valence-electron chi connectivity index (χ3n) is 2.61. The standard InChI is InChI=1S/C14H12Br2N2O2/c1-18-14(19)8-2-4-13(11(17)6-8)20-12-5-3-9(15)7-10(12)16/h2-7H,17H2,1H3,(H,18,19). The second-order valence-electron chi connectivity index (χ2n) is 4.01. The van der Waals surface area contributed by atoms with Crippen molar-refractivity contribution in [3.63, 3.8) is 0 Å². The Morgan fingerprint density at radius 1 is 1.15 bits per heavy atom. The first kappa shape index (κ1) is 14.9. The van der Waals surface area contributed by atoms with Gasteiger partial charge < -0.3 is 15.8 Å². The Labute approximate surface area is 133 Å². The van der Waals surface area contributed by atoms with Crippen molar-refractivity contribution in [2.75, 3.05) is 12.8 Å². The number of hydrogen-bond donors (Lipinski definition) is 2. The fourth-order valence-electron chi connectivity index (χ4n) is 1.60. The molecule has 0 aliphatic heterocycles. The maximum Gasteiger partial charge on any atom is 0.251 e. The zero-order chi connectivity index (χ0) is 14.7. The second kappa shape index (κ2) is 6.28. The largest absolute Gasteiger partial charge is 0.454 e. The Kier molecular flexibility index (Phi) is 4.67. The highest BCUT2D eigenvalue weighted by molar-refractivity contribution is 9.11. The van der Waals surface area contributed by atoms with Crippen LogP contribution in [0.3, 0.4) is 0 Å². The molecule has 0 radical (unpaired) electrons. The predicted octanol–water partition coefficient (Wildman–Crippen LogP) is 3.95. The number of halogens is 2. The lowest BCUT2D eigenvalue weighted by molar-refractivity contribution is 0.0963. The third kappa shape index (κ3) is 3.32. The van der Waals surface area contributed by atoms with Crippen molar-refractivity contribution in [1.82, 2.24) is 5.32 Å². The van der Waals surface area contributed by atoms with Crippen molar-refractivity contribution in [3.05, 3.63) is 50.9 Å². The van der Waals surface area contributed by atoms with E-state index in [1.165, 1.54) is 0 Å². The molecule has 0 aliphatic rings. The van der Waals surface area contributed by atoms with Crippen LogP contribution in [0.15, 0.2) is 45.3 Å². The van der Waals surface area contributed by atoms with E-state index in [0.717, 1.165) is 8.95 Å². The van der Waals surface area contributed by atoms with E-state index < -0.39 is 0 Å². The zero-order valence-electron chi connectivity index (χ0n) is 10.6. The van der Waals surface area contributed by atoms with Crippen LogP contribution in [0.2, 0.25) is 0 Å². The van der Waals surface area contributed by atoms with Gasteiger partial charge in [0.1, 0.15) is 11.5 Å². The van der Waals surface area contributed by atoms with E-state index in [1.807, 2.05) is 18.2 Å². The fraction of sp³-hybridized carbons (Fsp3) is 0.0714. The average Bonchev–Trinajstić information content (AvgIpc) is 2.42. The topological polar surface area (TPSA) is 64.3 Å². The molecule has 0 bridgehead atoms. The molecule has 0 fully saturated rings. The zero-order valence-corrected chi connectivity index (χ0v) is 13.8. The first-order chi connectivity index (χ1) is 9.51. The minimum absolute atomic E-state index is 0.187. The van der Waals surface area contributed by atoms with Gasteiger partial charge in [0.2, 0.25) is 0 Å². The Morgan fingerprint density at radius 3 is 2.45 bits per heavy atom. The molecule has 0 aromatic heterocycles. The smallest absolute Gasteiger partial charge is 0.251 e. The number of carbonyl (C=O) groups is 1. The van der Waals surface area contributed by atoms with Crippen molar-refractivity contribution in [2.45, 2.75) is 0 Å². The summed E-state index contributed by atoms with van der Waals surface area (Å²) >= 11 is 6.79. The Morgan fingerprint density at radius 2 is 1.85 bits per heavy atom. The van der Waals surface area contributed by atoms with Gasteiger partial charge in [0.05, 0.1) is 10.2 Å². The van der Waals surface area contributed by atoms with Crippen LogP contribution in [-0.2, 0) is 0 Å². The van der Waals surface area contributed by atoms with Crippen LogP contribution >= 0.6 is 31.9 Å². The quantitative estimate of drug-likeness (QED) is 0.768. The van der Waals surface area contributed by atoms with Crippen molar-refractivity contribution < 1.29 is 9.53 Å². The van der Waals surface area contributed by atoms with Gasteiger partial charge in [-0.05, 0) is 52.3 Å². The molecular formula is C14H12Br2N2O2. The number of rotatable bonds is 3. The van der Waals surface area contributed by atoms with Crippen molar-refractivity contribution in [2.24, 2.45) is 0 Å². The Bertz CT molecular complexity index is 660. The molecule has 0 heterocycles. The van der Waals surface area contributed by atoms with Gasteiger partial charge in [0, 0.05) is 17.1 Å². The van der Waals surface area contributed by atoms with Crippen LogP contribution < -0.4 is 15.8 Å². The van der Waals surface area contributed by atoms with E-state index in [2.05, 4.69) is 37.2 Å². The van der Waals surface area contributed by atoms with E-state index in [9.17, 15) is 4.79 Å².